The number of hydrogen-bond acceptors (Lipinski definition) is 12. The number of hydrogen-bond donors (Lipinski definition) is 3. The van der Waals surface area contributed by atoms with Gasteiger partial charge in [0.1, 0.15) is 24.7 Å². The quantitative estimate of drug-likeness (QED) is 0.0617. The molecule has 3 aromatic carbocycles. The Labute approximate surface area is 357 Å². The standard InChI is InChI=1S/C47H57N3O11/c1-4-23-59-47-42(50(46(54)56-5-2)29-32-17-19-40-41(24-32)58-30-57-40)27-38(49-55-3)36-25-33(15-9-11-21-51)35(16-10-12-22-52)43(44(36)47)37-26-34(18-20-39(37)61-47)60-45(53)48-28-31-13-7-6-8-14-31/h4,6-8,13-14,17-20,24-26,33,35,42-44,51-52H,1,5,9-12,15-16,21-23,27-30H2,2-3H3,(H,48,53)/t33-,35+,42-,43+,44+,47+/m0/s1. The van der Waals surface area contributed by atoms with Crippen molar-refractivity contribution in [3.05, 3.63) is 108 Å². The molecule has 0 unspecified atom stereocenters. The van der Waals surface area contributed by atoms with Crippen molar-refractivity contribution in [3.8, 4) is 23.0 Å². The number of unbranched alkanes of at least 4 members (excludes halogenated alkanes) is 2. The summed E-state index contributed by atoms with van der Waals surface area (Å²) in [6.07, 6.45) is 7.29. The number of fused-ring (bicyclic) bond motifs is 3. The predicted molar refractivity (Wildman–Crippen MR) is 226 cm³/mol. The number of ether oxygens (including phenoxy) is 6. The zero-order chi connectivity index (χ0) is 42.8. The van der Waals surface area contributed by atoms with Crippen LogP contribution in [0.25, 0.3) is 0 Å². The molecule has 6 atom stereocenters. The van der Waals surface area contributed by atoms with Crippen LogP contribution in [0, 0.1) is 17.8 Å². The molecule has 3 aromatic rings. The highest BCUT2D eigenvalue weighted by atomic mass is 16.7. The first-order chi connectivity index (χ1) is 29.8. The molecule has 0 bridgehead atoms. The van der Waals surface area contributed by atoms with Crippen molar-refractivity contribution in [2.75, 3.05) is 40.3 Å². The second kappa shape index (κ2) is 20.3. The maximum absolute atomic E-state index is 14.4. The number of amides is 2. The molecule has 2 aliphatic heterocycles. The van der Waals surface area contributed by atoms with Crippen LogP contribution in [0.1, 0.15) is 74.5 Å². The predicted octanol–water partition coefficient (Wildman–Crippen LogP) is 7.63. The zero-order valence-corrected chi connectivity index (χ0v) is 35.0. The van der Waals surface area contributed by atoms with E-state index in [-0.39, 0.29) is 63.9 Å². The third kappa shape index (κ3) is 9.51. The molecule has 1 saturated carbocycles. The van der Waals surface area contributed by atoms with Crippen LogP contribution in [0.4, 0.5) is 9.59 Å². The molecular formula is C47H57N3O11. The molecule has 61 heavy (non-hydrogen) atoms. The Kier molecular flexibility index (Phi) is 14.5. The Bertz CT molecular complexity index is 2060. The number of allylic oxidation sites excluding steroid dienone is 1. The van der Waals surface area contributed by atoms with E-state index in [1.807, 2.05) is 54.6 Å². The van der Waals surface area contributed by atoms with Crippen molar-refractivity contribution in [1.29, 1.82) is 0 Å². The number of nitrogens with one attached hydrogen (secondary N) is 1. The van der Waals surface area contributed by atoms with Crippen LogP contribution in [0.2, 0.25) is 0 Å². The third-order valence-electron chi connectivity index (χ3n) is 12.0. The fourth-order valence-corrected chi connectivity index (χ4v) is 9.48. The summed E-state index contributed by atoms with van der Waals surface area (Å²) in [4.78, 5) is 34.8. The molecule has 3 N–H and O–H groups in total. The Hall–Kier alpha value is -5.57. The lowest BCUT2D eigenvalue weighted by atomic mass is 9.55. The van der Waals surface area contributed by atoms with E-state index in [0.717, 1.165) is 47.9 Å². The van der Waals surface area contributed by atoms with Crippen molar-refractivity contribution in [3.63, 3.8) is 0 Å². The second-order valence-electron chi connectivity index (χ2n) is 15.7. The highest BCUT2D eigenvalue weighted by Crippen LogP contribution is 2.62. The number of rotatable bonds is 19. The largest absolute Gasteiger partial charge is 0.459 e. The van der Waals surface area contributed by atoms with Crippen LogP contribution in [0.3, 0.4) is 0 Å². The average Bonchev–Trinajstić information content (AvgIpc) is 3.74. The van der Waals surface area contributed by atoms with E-state index in [4.69, 9.17) is 33.3 Å². The molecule has 326 valence electrons. The summed E-state index contributed by atoms with van der Waals surface area (Å²) in [5.74, 6) is -0.326. The molecule has 2 amide bonds. The van der Waals surface area contributed by atoms with Gasteiger partial charge in [0.15, 0.2) is 11.5 Å². The van der Waals surface area contributed by atoms with Gasteiger partial charge in [-0.1, -0.05) is 66.5 Å². The number of oxime groups is 1. The molecule has 7 rings (SSSR count). The number of nitrogens with zero attached hydrogens (tertiary/aromatic N) is 2. The molecular weight excluding hydrogens is 783 g/mol. The molecule has 0 saturated heterocycles. The molecule has 14 nitrogen and oxygen atoms in total. The highest BCUT2D eigenvalue weighted by Gasteiger charge is 2.65. The van der Waals surface area contributed by atoms with Crippen molar-refractivity contribution in [2.45, 2.75) is 82.7 Å². The molecule has 1 fully saturated rings. The summed E-state index contributed by atoms with van der Waals surface area (Å²) in [6.45, 7) is 6.64. The van der Waals surface area contributed by atoms with Crippen LogP contribution in [-0.4, -0.2) is 85.2 Å². The Morgan fingerprint density at radius 3 is 2.49 bits per heavy atom. The first-order valence-corrected chi connectivity index (χ1v) is 21.3. The lowest BCUT2D eigenvalue weighted by Crippen LogP contribution is -2.70. The summed E-state index contributed by atoms with van der Waals surface area (Å²) >= 11 is 0. The first kappa shape index (κ1) is 43.5. The van der Waals surface area contributed by atoms with E-state index in [0.29, 0.717) is 48.1 Å². The SMILES string of the molecule is C=CCO[C@@]12Oc3ccc(OC(=O)NCc4ccccc4)cc3[C@H]3[C@H](CCCCO)[C@@H](CCCCO)C=C(C(=NOC)C[C@@H]1N(Cc1ccc4c(c1)OCO4)C(=O)OCC)[C@H]32. The van der Waals surface area contributed by atoms with E-state index >= 15 is 0 Å². The topological polar surface area (TPSA) is 167 Å². The lowest BCUT2D eigenvalue weighted by Gasteiger charge is -2.59. The van der Waals surface area contributed by atoms with Gasteiger partial charge in [-0.2, -0.15) is 0 Å². The second-order valence-corrected chi connectivity index (χ2v) is 15.7. The van der Waals surface area contributed by atoms with Crippen LogP contribution in [-0.2, 0) is 27.4 Å². The third-order valence-corrected chi connectivity index (χ3v) is 12.0. The highest BCUT2D eigenvalue weighted by molar-refractivity contribution is 6.03. The maximum Gasteiger partial charge on any atom is 0.412 e. The van der Waals surface area contributed by atoms with Gasteiger partial charge in [0.25, 0.3) is 0 Å². The minimum absolute atomic E-state index is 0.0247. The smallest absolute Gasteiger partial charge is 0.412 e. The van der Waals surface area contributed by atoms with Crippen LogP contribution < -0.4 is 24.3 Å². The van der Waals surface area contributed by atoms with Crippen molar-refractivity contribution >= 4 is 17.9 Å². The number of carbonyl (C=O) groups excluding carboxylic acids is 2. The lowest BCUT2D eigenvalue weighted by molar-refractivity contribution is -0.256. The summed E-state index contributed by atoms with van der Waals surface area (Å²) < 4.78 is 37.3. The molecule has 0 radical (unpaired) electrons. The Morgan fingerprint density at radius 1 is 0.967 bits per heavy atom. The van der Waals surface area contributed by atoms with E-state index in [2.05, 4.69) is 23.1 Å². The minimum Gasteiger partial charge on any atom is -0.459 e. The van der Waals surface area contributed by atoms with Crippen molar-refractivity contribution < 1.29 is 53.1 Å². The van der Waals surface area contributed by atoms with Gasteiger partial charge in [0.05, 0.1) is 24.8 Å². The molecule has 4 aliphatic rings. The van der Waals surface area contributed by atoms with E-state index in [1.54, 1.807) is 30.0 Å². The summed E-state index contributed by atoms with van der Waals surface area (Å²) in [6, 6.07) is 19.7. The van der Waals surface area contributed by atoms with Gasteiger partial charge in [-0.05, 0) is 91.5 Å². The van der Waals surface area contributed by atoms with E-state index in [9.17, 15) is 19.8 Å². The normalized spacial score (nSPS) is 23.8. The fraction of sp³-hybridized carbons (Fsp3) is 0.468. The van der Waals surface area contributed by atoms with Gasteiger partial charge in [-0.25, -0.2) is 9.59 Å². The minimum atomic E-state index is -1.51. The van der Waals surface area contributed by atoms with Gasteiger partial charge in [-0.15, -0.1) is 6.58 Å². The Morgan fingerprint density at radius 2 is 1.74 bits per heavy atom. The molecule has 0 aromatic heterocycles. The molecule has 0 spiro atoms. The number of benzene rings is 3. The number of carbonyl (C=O) groups is 2. The summed E-state index contributed by atoms with van der Waals surface area (Å²) in [7, 11) is 1.50. The zero-order valence-electron chi connectivity index (χ0n) is 35.0. The monoisotopic (exact) mass is 839 g/mol. The van der Waals surface area contributed by atoms with Gasteiger partial charge >= 0.3 is 12.2 Å². The van der Waals surface area contributed by atoms with E-state index in [1.165, 1.54) is 7.11 Å². The first-order valence-electron chi connectivity index (χ1n) is 21.3. The van der Waals surface area contributed by atoms with Gasteiger partial charge in [-0.3, -0.25) is 4.90 Å². The van der Waals surface area contributed by atoms with Crippen molar-refractivity contribution in [2.24, 2.45) is 22.9 Å². The van der Waals surface area contributed by atoms with Crippen molar-refractivity contribution in [1.82, 2.24) is 10.2 Å². The van der Waals surface area contributed by atoms with E-state index < -0.39 is 29.9 Å². The average molecular weight is 840 g/mol. The molecule has 2 aliphatic carbocycles. The van der Waals surface area contributed by atoms with Gasteiger partial charge in [0, 0.05) is 44.2 Å². The molecule has 2 heterocycles. The number of aliphatic hydroxyl groups is 2. The van der Waals surface area contributed by atoms with Crippen LogP contribution >= 0.6 is 0 Å². The maximum atomic E-state index is 14.4. The van der Waals surface area contributed by atoms with Gasteiger partial charge < -0.3 is 48.8 Å². The van der Waals surface area contributed by atoms with Crippen LogP contribution in [0.5, 0.6) is 23.0 Å². The summed E-state index contributed by atoms with van der Waals surface area (Å²) in [5.41, 5.74) is 4.05. The van der Waals surface area contributed by atoms with Crippen LogP contribution in [0.15, 0.2) is 96.2 Å². The number of aliphatic hydroxyl groups excluding tert-OH is 2. The molecule has 14 heteroatoms. The Balaban J connectivity index is 1.38. The fourth-order valence-electron chi connectivity index (χ4n) is 9.48. The summed E-state index contributed by atoms with van der Waals surface area (Å²) in [5, 5.41) is 27.3. The van der Waals surface area contributed by atoms with Gasteiger partial charge in [0.2, 0.25) is 12.6 Å².